The summed E-state index contributed by atoms with van der Waals surface area (Å²) in [5.41, 5.74) is 0.892. The SMILES string of the molecule is CC(C)COCC(C)(CCOC(=O)O)c1ccccc1. The van der Waals surface area contributed by atoms with E-state index in [0.717, 1.165) is 5.56 Å². The van der Waals surface area contributed by atoms with E-state index in [-0.39, 0.29) is 12.0 Å². The zero-order valence-corrected chi connectivity index (χ0v) is 12.5. The monoisotopic (exact) mass is 280 g/mol. The third kappa shape index (κ3) is 5.61. The number of hydrogen-bond acceptors (Lipinski definition) is 3. The standard InChI is InChI=1S/C16H24O4/c1-13(2)11-19-12-16(3,9-10-20-15(17)18)14-7-5-4-6-8-14/h4-8,13H,9-12H2,1-3H3,(H,17,18). The van der Waals surface area contributed by atoms with E-state index in [1.54, 1.807) is 0 Å². The Morgan fingerprint density at radius 3 is 2.50 bits per heavy atom. The zero-order valence-electron chi connectivity index (χ0n) is 12.5. The number of carbonyl (C=O) groups is 1. The van der Waals surface area contributed by atoms with Gasteiger partial charge in [0.2, 0.25) is 0 Å². The fourth-order valence-electron chi connectivity index (χ4n) is 2.02. The normalized spacial score (nSPS) is 14.0. The lowest BCUT2D eigenvalue weighted by atomic mass is 9.80. The Kier molecular flexibility index (Phi) is 6.52. The van der Waals surface area contributed by atoms with Crippen molar-refractivity contribution in [2.75, 3.05) is 19.8 Å². The highest BCUT2D eigenvalue weighted by Gasteiger charge is 2.27. The van der Waals surface area contributed by atoms with E-state index < -0.39 is 6.16 Å². The Labute approximate surface area is 120 Å². The molecule has 0 heterocycles. The molecular formula is C16H24O4. The average Bonchev–Trinajstić information content (AvgIpc) is 2.39. The summed E-state index contributed by atoms with van der Waals surface area (Å²) in [5, 5.41) is 8.58. The lowest BCUT2D eigenvalue weighted by Crippen LogP contribution is -2.31. The third-order valence-corrected chi connectivity index (χ3v) is 3.22. The molecule has 1 N–H and O–H groups in total. The highest BCUT2D eigenvalue weighted by Crippen LogP contribution is 2.28. The molecule has 1 atom stereocenters. The van der Waals surface area contributed by atoms with Crippen molar-refractivity contribution in [3.05, 3.63) is 35.9 Å². The Hall–Kier alpha value is -1.55. The van der Waals surface area contributed by atoms with Gasteiger partial charge in [0.1, 0.15) is 0 Å². The predicted octanol–water partition coefficient (Wildman–Crippen LogP) is 3.70. The quantitative estimate of drug-likeness (QED) is 0.738. The van der Waals surface area contributed by atoms with Crippen molar-refractivity contribution in [1.82, 2.24) is 0 Å². The van der Waals surface area contributed by atoms with Gasteiger partial charge in [-0.3, -0.25) is 0 Å². The summed E-state index contributed by atoms with van der Waals surface area (Å²) in [6, 6.07) is 10.0. The van der Waals surface area contributed by atoms with Crippen LogP contribution in [0.25, 0.3) is 0 Å². The maximum atomic E-state index is 10.5. The maximum Gasteiger partial charge on any atom is 0.505 e. The third-order valence-electron chi connectivity index (χ3n) is 3.22. The number of rotatable bonds is 8. The summed E-state index contributed by atoms with van der Waals surface area (Å²) in [6.07, 6.45) is -0.634. The van der Waals surface area contributed by atoms with Crippen LogP contribution in [0.2, 0.25) is 0 Å². The fourth-order valence-corrected chi connectivity index (χ4v) is 2.02. The van der Waals surface area contributed by atoms with Gasteiger partial charge >= 0.3 is 6.16 Å². The second-order valence-electron chi connectivity index (χ2n) is 5.70. The molecule has 0 bridgehead atoms. The van der Waals surface area contributed by atoms with Crippen molar-refractivity contribution in [2.24, 2.45) is 5.92 Å². The molecule has 0 saturated heterocycles. The minimum Gasteiger partial charge on any atom is -0.450 e. The first-order valence-corrected chi connectivity index (χ1v) is 6.93. The molecule has 0 radical (unpaired) electrons. The van der Waals surface area contributed by atoms with Gasteiger partial charge < -0.3 is 14.6 Å². The van der Waals surface area contributed by atoms with Crippen LogP contribution in [0.1, 0.15) is 32.8 Å². The lowest BCUT2D eigenvalue weighted by Gasteiger charge is -2.30. The van der Waals surface area contributed by atoms with Crippen LogP contribution in [0.3, 0.4) is 0 Å². The van der Waals surface area contributed by atoms with Crippen LogP contribution < -0.4 is 0 Å². The van der Waals surface area contributed by atoms with Crippen molar-refractivity contribution >= 4 is 6.16 Å². The zero-order chi connectivity index (χ0) is 15.0. The maximum absolute atomic E-state index is 10.5. The van der Waals surface area contributed by atoms with E-state index in [0.29, 0.717) is 25.6 Å². The minimum atomic E-state index is -1.23. The van der Waals surface area contributed by atoms with Crippen LogP contribution in [0.4, 0.5) is 4.79 Å². The molecule has 0 fully saturated rings. The molecule has 112 valence electrons. The average molecular weight is 280 g/mol. The number of carboxylic acid groups (broad SMARTS) is 1. The van der Waals surface area contributed by atoms with E-state index in [4.69, 9.17) is 9.84 Å². The van der Waals surface area contributed by atoms with Crippen LogP contribution in [-0.4, -0.2) is 31.1 Å². The van der Waals surface area contributed by atoms with E-state index in [1.165, 1.54) is 0 Å². The molecule has 0 aliphatic carbocycles. The summed E-state index contributed by atoms with van der Waals surface area (Å²) in [4.78, 5) is 10.5. The lowest BCUT2D eigenvalue weighted by molar-refractivity contribution is 0.0478. The van der Waals surface area contributed by atoms with E-state index in [2.05, 4.69) is 25.5 Å². The summed E-state index contributed by atoms with van der Waals surface area (Å²) in [7, 11) is 0. The number of hydrogen-bond donors (Lipinski definition) is 1. The molecule has 1 rings (SSSR count). The molecule has 0 aromatic heterocycles. The van der Waals surface area contributed by atoms with Gasteiger partial charge in [-0.1, -0.05) is 51.1 Å². The molecule has 1 unspecified atom stereocenters. The molecule has 0 amide bonds. The first-order valence-electron chi connectivity index (χ1n) is 6.93. The molecule has 1 aromatic carbocycles. The van der Waals surface area contributed by atoms with Gasteiger partial charge in [-0.2, -0.15) is 0 Å². The summed E-state index contributed by atoms with van der Waals surface area (Å²) >= 11 is 0. The van der Waals surface area contributed by atoms with E-state index in [1.807, 2.05) is 30.3 Å². The highest BCUT2D eigenvalue weighted by molar-refractivity contribution is 5.56. The summed E-state index contributed by atoms with van der Waals surface area (Å²) in [6.45, 7) is 7.71. The molecule has 4 nitrogen and oxygen atoms in total. The van der Waals surface area contributed by atoms with E-state index in [9.17, 15) is 4.79 Å². The second-order valence-corrected chi connectivity index (χ2v) is 5.70. The van der Waals surface area contributed by atoms with Gasteiger partial charge in [0.05, 0.1) is 13.2 Å². The van der Waals surface area contributed by atoms with Crippen LogP contribution >= 0.6 is 0 Å². The number of ether oxygens (including phenoxy) is 2. The van der Waals surface area contributed by atoms with Crippen LogP contribution in [-0.2, 0) is 14.9 Å². The first kappa shape index (κ1) is 16.5. The van der Waals surface area contributed by atoms with Gasteiger partial charge in [-0.15, -0.1) is 0 Å². The summed E-state index contributed by atoms with van der Waals surface area (Å²) in [5.74, 6) is 0.477. The van der Waals surface area contributed by atoms with Crippen LogP contribution in [0.15, 0.2) is 30.3 Å². The molecule has 0 saturated carbocycles. The number of benzene rings is 1. The Balaban J connectivity index is 2.69. The van der Waals surface area contributed by atoms with Crippen molar-refractivity contribution in [3.8, 4) is 0 Å². The van der Waals surface area contributed by atoms with Crippen molar-refractivity contribution in [2.45, 2.75) is 32.6 Å². The molecule has 0 aliphatic rings. The van der Waals surface area contributed by atoms with Gasteiger partial charge in [0.25, 0.3) is 0 Å². The predicted molar refractivity (Wildman–Crippen MR) is 78.0 cm³/mol. The fraction of sp³-hybridized carbons (Fsp3) is 0.562. The summed E-state index contributed by atoms with van der Waals surface area (Å²) < 4.78 is 10.4. The molecule has 4 heteroatoms. The van der Waals surface area contributed by atoms with Gasteiger partial charge in [-0.05, 0) is 17.9 Å². The molecule has 1 aromatic rings. The molecule has 0 spiro atoms. The first-order chi connectivity index (χ1) is 9.44. The van der Waals surface area contributed by atoms with Gasteiger partial charge in [0.15, 0.2) is 0 Å². The highest BCUT2D eigenvalue weighted by atomic mass is 16.7. The Morgan fingerprint density at radius 1 is 1.30 bits per heavy atom. The van der Waals surface area contributed by atoms with Gasteiger partial charge in [-0.25, -0.2) is 4.79 Å². The second kappa shape index (κ2) is 7.90. The van der Waals surface area contributed by atoms with Crippen molar-refractivity contribution in [3.63, 3.8) is 0 Å². The van der Waals surface area contributed by atoms with Crippen molar-refractivity contribution in [1.29, 1.82) is 0 Å². The Bertz CT molecular complexity index is 402. The smallest absolute Gasteiger partial charge is 0.450 e. The van der Waals surface area contributed by atoms with E-state index >= 15 is 0 Å². The van der Waals surface area contributed by atoms with Crippen molar-refractivity contribution < 1.29 is 19.4 Å². The molecule has 20 heavy (non-hydrogen) atoms. The minimum absolute atomic E-state index is 0.172. The van der Waals surface area contributed by atoms with Crippen LogP contribution in [0.5, 0.6) is 0 Å². The van der Waals surface area contributed by atoms with Crippen LogP contribution in [0, 0.1) is 5.92 Å². The molecular weight excluding hydrogens is 256 g/mol. The Morgan fingerprint density at radius 2 is 1.95 bits per heavy atom. The van der Waals surface area contributed by atoms with Gasteiger partial charge in [0, 0.05) is 12.0 Å². The largest absolute Gasteiger partial charge is 0.505 e. The molecule has 0 aliphatic heterocycles. The topological polar surface area (TPSA) is 55.8 Å².